The third kappa shape index (κ3) is 5.73. The Morgan fingerprint density at radius 1 is 1.03 bits per heavy atom. The van der Waals surface area contributed by atoms with Crippen LogP contribution in [0.1, 0.15) is 16.1 Å². The van der Waals surface area contributed by atoms with E-state index in [-0.39, 0.29) is 23.5 Å². The fourth-order valence-electron chi connectivity index (χ4n) is 2.93. The van der Waals surface area contributed by atoms with Crippen molar-refractivity contribution in [3.63, 3.8) is 0 Å². The van der Waals surface area contributed by atoms with Crippen molar-refractivity contribution in [3.8, 4) is 5.75 Å². The van der Waals surface area contributed by atoms with Gasteiger partial charge in [-0.3, -0.25) is 9.59 Å². The number of rotatable bonds is 8. The number of benzene rings is 2. The van der Waals surface area contributed by atoms with Gasteiger partial charge in [0, 0.05) is 11.8 Å². The lowest BCUT2D eigenvalue weighted by Crippen LogP contribution is -2.37. The molecule has 1 heterocycles. The SMILES string of the molecule is COc1ccccc1NC(=O)CN(Cc1ccco1)C(=O)c1ccc(S(C)(=O)=O)cc1. The minimum Gasteiger partial charge on any atom is -0.495 e. The van der Waals surface area contributed by atoms with Crippen LogP contribution in [0.15, 0.2) is 76.2 Å². The van der Waals surface area contributed by atoms with Gasteiger partial charge in [0.15, 0.2) is 9.84 Å². The standard InChI is InChI=1S/C22H22N2O6S/c1-29-20-8-4-3-7-19(20)23-21(25)15-24(14-17-6-5-13-30-17)22(26)16-9-11-18(12-10-16)31(2,27)28/h3-13H,14-15H2,1-2H3,(H,23,25). The predicted octanol–water partition coefficient (Wildman–Crippen LogP) is 2.97. The van der Waals surface area contributed by atoms with Gasteiger partial charge in [0.25, 0.3) is 5.91 Å². The summed E-state index contributed by atoms with van der Waals surface area (Å²) >= 11 is 0. The van der Waals surface area contributed by atoms with Crippen molar-refractivity contribution in [1.82, 2.24) is 4.90 Å². The minimum absolute atomic E-state index is 0.0685. The molecule has 2 aromatic carbocycles. The summed E-state index contributed by atoms with van der Waals surface area (Å²) in [4.78, 5) is 27.2. The summed E-state index contributed by atoms with van der Waals surface area (Å²) in [7, 11) is -1.88. The maximum Gasteiger partial charge on any atom is 0.254 e. The molecule has 0 radical (unpaired) electrons. The number of methoxy groups -OCH3 is 1. The molecule has 0 atom stereocenters. The maximum absolute atomic E-state index is 13.1. The number of amides is 2. The number of para-hydroxylation sites is 2. The van der Waals surface area contributed by atoms with Crippen molar-refractivity contribution < 1.29 is 27.2 Å². The highest BCUT2D eigenvalue weighted by Gasteiger charge is 2.21. The molecule has 0 aliphatic carbocycles. The van der Waals surface area contributed by atoms with Gasteiger partial charge in [0.05, 0.1) is 30.5 Å². The monoisotopic (exact) mass is 442 g/mol. The zero-order valence-corrected chi connectivity index (χ0v) is 17.9. The van der Waals surface area contributed by atoms with Crippen LogP contribution in [0.5, 0.6) is 5.75 Å². The van der Waals surface area contributed by atoms with Crippen LogP contribution < -0.4 is 10.1 Å². The largest absolute Gasteiger partial charge is 0.495 e. The van der Waals surface area contributed by atoms with E-state index in [2.05, 4.69) is 5.32 Å². The number of hydrogen-bond acceptors (Lipinski definition) is 6. The maximum atomic E-state index is 13.1. The molecule has 1 N–H and O–H groups in total. The molecule has 1 aromatic heterocycles. The van der Waals surface area contributed by atoms with Gasteiger partial charge in [-0.05, 0) is 48.5 Å². The molecule has 3 aromatic rings. The first-order valence-electron chi connectivity index (χ1n) is 9.32. The Kier molecular flexibility index (Phi) is 6.76. The number of furan rings is 1. The van der Waals surface area contributed by atoms with Crippen molar-refractivity contribution in [2.24, 2.45) is 0 Å². The number of nitrogens with zero attached hydrogens (tertiary/aromatic N) is 1. The molecule has 2 amide bonds. The summed E-state index contributed by atoms with van der Waals surface area (Å²) in [5.74, 6) is 0.145. The van der Waals surface area contributed by atoms with Crippen molar-refractivity contribution in [1.29, 1.82) is 0 Å². The first-order chi connectivity index (χ1) is 14.8. The number of sulfone groups is 1. The Morgan fingerprint density at radius 3 is 2.35 bits per heavy atom. The molecule has 0 unspecified atom stereocenters. The molecule has 9 heteroatoms. The Hall–Kier alpha value is -3.59. The Labute approximate surface area is 180 Å². The summed E-state index contributed by atoms with van der Waals surface area (Å²) in [6.45, 7) is -0.176. The second-order valence-corrected chi connectivity index (χ2v) is 8.80. The van der Waals surface area contributed by atoms with E-state index in [4.69, 9.17) is 9.15 Å². The van der Waals surface area contributed by atoms with Gasteiger partial charge in [-0.1, -0.05) is 12.1 Å². The molecule has 0 spiro atoms. The van der Waals surface area contributed by atoms with Gasteiger partial charge in [0.1, 0.15) is 18.1 Å². The second-order valence-electron chi connectivity index (χ2n) is 6.79. The van der Waals surface area contributed by atoms with E-state index in [1.54, 1.807) is 36.4 Å². The Balaban J connectivity index is 1.80. The molecule has 0 aliphatic heterocycles. The quantitative estimate of drug-likeness (QED) is 0.575. The number of nitrogens with one attached hydrogen (secondary N) is 1. The number of hydrogen-bond donors (Lipinski definition) is 1. The van der Waals surface area contributed by atoms with Gasteiger partial charge < -0.3 is 19.4 Å². The van der Waals surface area contributed by atoms with Crippen LogP contribution in [-0.2, 0) is 21.2 Å². The normalized spacial score (nSPS) is 11.0. The third-order valence-corrected chi connectivity index (χ3v) is 5.59. The average molecular weight is 442 g/mol. The zero-order valence-electron chi connectivity index (χ0n) is 17.1. The number of ether oxygens (including phenoxy) is 1. The highest BCUT2D eigenvalue weighted by molar-refractivity contribution is 7.90. The summed E-state index contributed by atoms with van der Waals surface area (Å²) in [5.41, 5.74) is 0.738. The molecule has 162 valence electrons. The van der Waals surface area contributed by atoms with E-state index in [1.807, 2.05) is 0 Å². The molecule has 0 saturated heterocycles. The minimum atomic E-state index is -3.38. The van der Waals surface area contributed by atoms with Crippen LogP contribution in [0.3, 0.4) is 0 Å². The fraction of sp³-hybridized carbons (Fsp3) is 0.182. The molecular weight excluding hydrogens is 420 g/mol. The molecular formula is C22H22N2O6S. The topological polar surface area (TPSA) is 106 Å². The van der Waals surface area contributed by atoms with Gasteiger partial charge in [-0.25, -0.2) is 8.42 Å². The summed E-state index contributed by atoms with van der Waals surface area (Å²) < 4.78 is 33.9. The average Bonchev–Trinajstić information content (AvgIpc) is 3.26. The fourth-order valence-corrected chi connectivity index (χ4v) is 3.56. The van der Waals surface area contributed by atoms with E-state index < -0.39 is 21.7 Å². The van der Waals surface area contributed by atoms with Gasteiger partial charge in [0.2, 0.25) is 5.91 Å². The summed E-state index contributed by atoms with van der Waals surface area (Å²) in [6.07, 6.45) is 2.57. The smallest absolute Gasteiger partial charge is 0.254 e. The summed E-state index contributed by atoms with van der Waals surface area (Å²) in [5, 5.41) is 2.74. The van der Waals surface area contributed by atoms with E-state index in [9.17, 15) is 18.0 Å². The van der Waals surface area contributed by atoms with E-state index in [1.165, 1.54) is 42.5 Å². The first kappa shape index (κ1) is 22.1. The lowest BCUT2D eigenvalue weighted by molar-refractivity contribution is -0.117. The summed E-state index contributed by atoms with van der Waals surface area (Å²) in [6, 6.07) is 15.9. The number of carbonyl (C=O) groups is 2. The van der Waals surface area contributed by atoms with Crippen LogP contribution in [0, 0.1) is 0 Å². The predicted molar refractivity (Wildman–Crippen MR) is 115 cm³/mol. The van der Waals surface area contributed by atoms with Gasteiger partial charge >= 0.3 is 0 Å². The highest BCUT2D eigenvalue weighted by Crippen LogP contribution is 2.23. The Morgan fingerprint density at radius 2 is 1.74 bits per heavy atom. The second kappa shape index (κ2) is 9.48. The van der Waals surface area contributed by atoms with Crippen LogP contribution in [0.2, 0.25) is 0 Å². The van der Waals surface area contributed by atoms with Gasteiger partial charge in [-0.2, -0.15) is 0 Å². The lowest BCUT2D eigenvalue weighted by atomic mass is 10.2. The molecule has 0 bridgehead atoms. The van der Waals surface area contributed by atoms with E-state index >= 15 is 0 Å². The van der Waals surface area contributed by atoms with E-state index in [0.29, 0.717) is 17.2 Å². The number of carbonyl (C=O) groups excluding carboxylic acids is 2. The molecule has 0 aliphatic rings. The van der Waals surface area contributed by atoms with Crippen LogP contribution in [0.25, 0.3) is 0 Å². The van der Waals surface area contributed by atoms with Crippen LogP contribution >= 0.6 is 0 Å². The van der Waals surface area contributed by atoms with Crippen molar-refractivity contribution in [3.05, 3.63) is 78.3 Å². The van der Waals surface area contributed by atoms with Crippen molar-refractivity contribution in [2.45, 2.75) is 11.4 Å². The van der Waals surface area contributed by atoms with Crippen molar-refractivity contribution >= 4 is 27.3 Å². The number of anilines is 1. The lowest BCUT2D eigenvalue weighted by Gasteiger charge is -2.22. The Bertz CT molecular complexity index is 1150. The van der Waals surface area contributed by atoms with Gasteiger partial charge in [-0.15, -0.1) is 0 Å². The zero-order chi connectivity index (χ0) is 22.4. The van der Waals surface area contributed by atoms with Crippen LogP contribution in [-0.4, -0.2) is 45.0 Å². The molecule has 3 rings (SSSR count). The molecule has 8 nitrogen and oxygen atoms in total. The first-order valence-corrected chi connectivity index (χ1v) is 11.2. The highest BCUT2D eigenvalue weighted by atomic mass is 32.2. The third-order valence-electron chi connectivity index (χ3n) is 4.46. The molecule has 0 saturated carbocycles. The van der Waals surface area contributed by atoms with Crippen molar-refractivity contribution in [2.75, 3.05) is 25.2 Å². The molecule has 0 fully saturated rings. The van der Waals surface area contributed by atoms with E-state index in [0.717, 1.165) is 6.26 Å². The molecule has 31 heavy (non-hydrogen) atoms. The van der Waals surface area contributed by atoms with Crippen LogP contribution in [0.4, 0.5) is 5.69 Å².